The first kappa shape index (κ1) is 12.5. The number of ether oxygens (including phenoxy) is 1. The Morgan fingerprint density at radius 3 is 2.50 bits per heavy atom. The summed E-state index contributed by atoms with van der Waals surface area (Å²) in [4.78, 5) is 12.5. The number of carboxylic acid groups (broad SMARTS) is 1. The smallest absolute Gasteiger partial charge is 0.305 e. The van der Waals surface area contributed by atoms with E-state index in [2.05, 4.69) is 0 Å². The molecule has 0 aromatic heterocycles. The Bertz CT molecular complexity index is 324. The van der Waals surface area contributed by atoms with Gasteiger partial charge in [0.05, 0.1) is 12.5 Å². The Kier molecular flexibility index (Phi) is 4.79. The van der Waals surface area contributed by atoms with E-state index >= 15 is 0 Å². The highest BCUT2D eigenvalue weighted by Crippen LogP contribution is 2.10. The normalized spacial score (nSPS) is 12.4. The lowest BCUT2D eigenvalue weighted by atomic mass is 10.2. The molecule has 0 spiro atoms. The molecule has 1 aromatic carbocycles. The second-order valence-corrected chi connectivity index (χ2v) is 3.84. The molecular formula is C12H17NO3. The fourth-order valence-electron chi connectivity index (χ4n) is 1.30. The summed E-state index contributed by atoms with van der Waals surface area (Å²) in [6.45, 7) is 0.378. The first-order valence-electron chi connectivity index (χ1n) is 5.15. The number of rotatable bonds is 6. The van der Waals surface area contributed by atoms with Crippen LogP contribution in [0.25, 0.3) is 0 Å². The topological polar surface area (TPSA) is 49.8 Å². The zero-order valence-electron chi connectivity index (χ0n) is 9.59. The molecule has 0 heterocycles. The standard InChI is InChI=1S/C12H17NO3/c1-13(2)10(8-12(14)15)9-16-11-6-4-3-5-7-11/h3-7,10H,8-9H2,1-2H3,(H,14,15). The fraction of sp³-hybridized carbons (Fsp3) is 0.417. The maximum atomic E-state index is 10.6. The first-order chi connectivity index (χ1) is 7.59. The van der Waals surface area contributed by atoms with E-state index in [4.69, 9.17) is 9.84 Å². The monoisotopic (exact) mass is 223 g/mol. The van der Waals surface area contributed by atoms with Crippen molar-refractivity contribution in [3.8, 4) is 5.75 Å². The van der Waals surface area contributed by atoms with Crippen LogP contribution in [0, 0.1) is 0 Å². The predicted octanol–water partition coefficient (Wildman–Crippen LogP) is 1.47. The van der Waals surface area contributed by atoms with Crippen LogP contribution in [0.3, 0.4) is 0 Å². The lowest BCUT2D eigenvalue weighted by Gasteiger charge is -2.22. The molecule has 16 heavy (non-hydrogen) atoms. The highest BCUT2D eigenvalue weighted by molar-refractivity contribution is 5.67. The third-order valence-corrected chi connectivity index (χ3v) is 2.33. The predicted molar refractivity (Wildman–Crippen MR) is 61.7 cm³/mol. The Morgan fingerprint density at radius 1 is 1.38 bits per heavy atom. The van der Waals surface area contributed by atoms with Crippen molar-refractivity contribution >= 4 is 5.97 Å². The lowest BCUT2D eigenvalue weighted by Crippen LogP contribution is -2.35. The number of carbonyl (C=O) groups is 1. The molecule has 1 atom stereocenters. The van der Waals surface area contributed by atoms with Gasteiger partial charge in [0.15, 0.2) is 0 Å². The SMILES string of the molecule is CN(C)C(COc1ccccc1)CC(=O)O. The van der Waals surface area contributed by atoms with Crippen LogP contribution in [0.2, 0.25) is 0 Å². The highest BCUT2D eigenvalue weighted by atomic mass is 16.5. The van der Waals surface area contributed by atoms with E-state index in [9.17, 15) is 4.79 Å². The van der Waals surface area contributed by atoms with E-state index in [0.29, 0.717) is 6.61 Å². The van der Waals surface area contributed by atoms with Gasteiger partial charge in [-0.15, -0.1) is 0 Å². The minimum atomic E-state index is -0.810. The van der Waals surface area contributed by atoms with Gasteiger partial charge in [-0.1, -0.05) is 18.2 Å². The maximum Gasteiger partial charge on any atom is 0.305 e. The molecular weight excluding hydrogens is 206 g/mol. The van der Waals surface area contributed by atoms with Gasteiger partial charge in [-0.3, -0.25) is 4.79 Å². The van der Waals surface area contributed by atoms with Gasteiger partial charge >= 0.3 is 5.97 Å². The summed E-state index contributed by atoms with van der Waals surface area (Å²) in [6.07, 6.45) is 0.0832. The van der Waals surface area contributed by atoms with Gasteiger partial charge in [0.1, 0.15) is 12.4 Å². The minimum Gasteiger partial charge on any atom is -0.492 e. The molecule has 88 valence electrons. The summed E-state index contributed by atoms with van der Waals surface area (Å²) < 4.78 is 5.53. The molecule has 0 aliphatic carbocycles. The van der Waals surface area contributed by atoms with E-state index in [1.165, 1.54) is 0 Å². The van der Waals surface area contributed by atoms with Crippen LogP contribution >= 0.6 is 0 Å². The van der Waals surface area contributed by atoms with Crippen molar-refractivity contribution < 1.29 is 14.6 Å². The van der Waals surface area contributed by atoms with E-state index in [-0.39, 0.29) is 12.5 Å². The molecule has 1 aromatic rings. The Balaban J connectivity index is 2.47. The average molecular weight is 223 g/mol. The molecule has 1 unspecified atom stereocenters. The summed E-state index contributed by atoms with van der Waals surface area (Å²) >= 11 is 0. The molecule has 0 saturated heterocycles. The third-order valence-electron chi connectivity index (χ3n) is 2.33. The number of hydrogen-bond acceptors (Lipinski definition) is 3. The third kappa shape index (κ3) is 4.31. The van der Waals surface area contributed by atoms with Crippen LogP contribution in [0.4, 0.5) is 0 Å². The fourth-order valence-corrected chi connectivity index (χ4v) is 1.30. The van der Waals surface area contributed by atoms with Crippen LogP contribution in [-0.4, -0.2) is 42.7 Å². The number of benzene rings is 1. The van der Waals surface area contributed by atoms with Crippen LogP contribution in [0.5, 0.6) is 5.75 Å². The summed E-state index contributed by atoms with van der Waals surface area (Å²) in [7, 11) is 3.70. The van der Waals surface area contributed by atoms with Crippen LogP contribution < -0.4 is 4.74 Å². The van der Waals surface area contributed by atoms with Crippen molar-refractivity contribution in [2.75, 3.05) is 20.7 Å². The maximum absolute atomic E-state index is 10.6. The largest absolute Gasteiger partial charge is 0.492 e. The van der Waals surface area contributed by atoms with Crippen LogP contribution in [0.1, 0.15) is 6.42 Å². The van der Waals surface area contributed by atoms with Gasteiger partial charge in [-0.25, -0.2) is 0 Å². The molecule has 4 heteroatoms. The quantitative estimate of drug-likeness (QED) is 0.793. The average Bonchev–Trinajstić information content (AvgIpc) is 2.25. The number of para-hydroxylation sites is 1. The summed E-state index contributed by atoms with van der Waals surface area (Å²) in [5.41, 5.74) is 0. The van der Waals surface area contributed by atoms with E-state index in [1.807, 2.05) is 49.3 Å². The van der Waals surface area contributed by atoms with Crippen molar-refractivity contribution in [3.05, 3.63) is 30.3 Å². The van der Waals surface area contributed by atoms with Gasteiger partial charge in [0.25, 0.3) is 0 Å². The van der Waals surface area contributed by atoms with E-state index in [1.54, 1.807) is 0 Å². The van der Waals surface area contributed by atoms with E-state index < -0.39 is 5.97 Å². The number of carboxylic acids is 1. The van der Waals surface area contributed by atoms with Crippen LogP contribution in [-0.2, 0) is 4.79 Å². The van der Waals surface area contributed by atoms with Gasteiger partial charge in [0.2, 0.25) is 0 Å². The van der Waals surface area contributed by atoms with Crippen molar-refractivity contribution in [1.82, 2.24) is 4.90 Å². The van der Waals surface area contributed by atoms with Crippen molar-refractivity contribution in [2.24, 2.45) is 0 Å². The van der Waals surface area contributed by atoms with Gasteiger partial charge in [0, 0.05) is 0 Å². The van der Waals surface area contributed by atoms with Crippen LogP contribution in [0.15, 0.2) is 30.3 Å². The first-order valence-corrected chi connectivity index (χ1v) is 5.15. The molecule has 0 bridgehead atoms. The van der Waals surface area contributed by atoms with Gasteiger partial charge in [-0.05, 0) is 26.2 Å². The molecule has 0 saturated carbocycles. The van der Waals surface area contributed by atoms with Crippen molar-refractivity contribution in [2.45, 2.75) is 12.5 Å². The molecule has 0 aliphatic rings. The second kappa shape index (κ2) is 6.12. The lowest BCUT2D eigenvalue weighted by molar-refractivity contribution is -0.138. The van der Waals surface area contributed by atoms with Gasteiger partial charge in [-0.2, -0.15) is 0 Å². The minimum absolute atomic E-state index is 0.0832. The Morgan fingerprint density at radius 2 is 2.00 bits per heavy atom. The molecule has 4 nitrogen and oxygen atoms in total. The zero-order valence-corrected chi connectivity index (χ0v) is 9.59. The summed E-state index contributed by atoms with van der Waals surface area (Å²) in [5, 5.41) is 8.75. The van der Waals surface area contributed by atoms with Gasteiger partial charge < -0.3 is 14.7 Å². The highest BCUT2D eigenvalue weighted by Gasteiger charge is 2.16. The molecule has 0 fully saturated rings. The molecule has 1 N–H and O–H groups in total. The summed E-state index contributed by atoms with van der Waals surface area (Å²) in [5.74, 6) is -0.0462. The summed E-state index contributed by atoms with van der Waals surface area (Å²) in [6, 6.07) is 9.28. The Hall–Kier alpha value is -1.55. The number of nitrogens with zero attached hydrogens (tertiary/aromatic N) is 1. The molecule has 0 radical (unpaired) electrons. The zero-order chi connectivity index (χ0) is 12.0. The number of hydrogen-bond donors (Lipinski definition) is 1. The number of likely N-dealkylation sites (N-methyl/N-ethyl adjacent to an activating group) is 1. The molecule has 1 rings (SSSR count). The van der Waals surface area contributed by atoms with Crippen molar-refractivity contribution in [1.29, 1.82) is 0 Å². The Labute approximate surface area is 95.5 Å². The molecule has 0 aliphatic heterocycles. The number of aliphatic carboxylic acids is 1. The van der Waals surface area contributed by atoms with E-state index in [0.717, 1.165) is 5.75 Å². The molecule has 0 amide bonds. The second-order valence-electron chi connectivity index (χ2n) is 3.84. The van der Waals surface area contributed by atoms with Crippen molar-refractivity contribution in [3.63, 3.8) is 0 Å².